The van der Waals surface area contributed by atoms with Crippen molar-refractivity contribution in [1.29, 1.82) is 0 Å². The average molecular weight is 257 g/mol. The molecule has 1 heterocycles. The number of hydrogen-bond acceptors (Lipinski definition) is 4. The lowest BCUT2D eigenvalue weighted by molar-refractivity contribution is -0.153. The van der Waals surface area contributed by atoms with Crippen molar-refractivity contribution in [3.8, 4) is 5.75 Å². The van der Waals surface area contributed by atoms with Crippen LogP contribution in [0, 0.1) is 5.41 Å². The summed E-state index contributed by atoms with van der Waals surface area (Å²) in [5.41, 5.74) is 0.0746. The van der Waals surface area contributed by atoms with Gasteiger partial charge in [0.05, 0.1) is 30.8 Å². The first-order valence-corrected chi connectivity index (χ1v) is 5.63. The SMILES string of the molecule is O=Cc1cc(Cl)ccc1OCC1(CO)COC1. The van der Waals surface area contributed by atoms with Crippen LogP contribution in [0.1, 0.15) is 10.4 Å². The molecule has 1 fully saturated rings. The Hall–Kier alpha value is -1.10. The van der Waals surface area contributed by atoms with Crippen molar-refractivity contribution in [2.24, 2.45) is 5.41 Å². The van der Waals surface area contributed by atoms with Crippen molar-refractivity contribution in [2.75, 3.05) is 26.4 Å². The lowest BCUT2D eigenvalue weighted by Crippen LogP contribution is -2.50. The summed E-state index contributed by atoms with van der Waals surface area (Å²) in [5, 5.41) is 9.72. The first-order valence-electron chi connectivity index (χ1n) is 5.25. The van der Waals surface area contributed by atoms with E-state index in [1.165, 1.54) is 0 Å². The van der Waals surface area contributed by atoms with Crippen LogP contribution in [0.25, 0.3) is 0 Å². The highest BCUT2D eigenvalue weighted by molar-refractivity contribution is 6.30. The maximum absolute atomic E-state index is 10.8. The van der Waals surface area contributed by atoms with E-state index in [1.54, 1.807) is 18.2 Å². The molecule has 0 bridgehead atoms. The number of carbonyl (C=O) groups is 1. The number of aliphatic hydroxyl groups excluding tert-OH is 1. The summed E-state index contributed by atoms with van der Waals surface area (Å²) < 4.78 is 10.6. The minimum Gasteiger partial charge on any atom is -0.492 e. The molecule has 0 unspecified atom stereocenters. The maximum Gasteiger partial charge on any atom is 0.153 e. The minimum atomic E-state index is -0.334. The molecule has 0 spiro atoms. The molecule has 1 aromatic rings. The van der Waals surface area contributed by atoms with E-state index >= 15 is 0 Å². The molecule has 0 aliphatic carbocycles. The maximum atomic E-state index is 10.8. The number of benzene rings is 1. The van der Waals surface area contributed by atoms with Gasteiger partial charge in [0.25, 0.3) is 0 Å². The molecule has 1 aliphatic rings. The van der Waals surface area contributed by atoms with Gasteiger partial charge in [0.2, 0.25) is 0 Å². The predicted octanol–water partition coefficient (Wildman–Crippen LogP) is 1.54. The molecule has 17 heavy (non-hydrogen) atoms. The van der Waals surface area contributed by atoms with Crippen molar-refractivity contribution < 1.29 is 19.4 Å². The van der Waals surface area contributed by atoms with E-state index in [9.17, 15) is 9.90 Å². The molecule has 4 nitrogen and oxygen atoms in total. The summed E-state index contributed by atoms with van der Waals surface area (Å²) in [7, 11) is 0. The first kappa shape index (κ1) is 12.4. The minimum absolute atomic E-state index is 0.0109. The van der Waals surface area contributed by atoms with Crippen LogP contribution in [0.3, 0.4) is 0 Å². The van der Waals surface area contributed by atoms with Crippen molar-refractivity contribution in [3.63, 3.8) is 0 Å². The fourth-order valence-corrected chi connectivity index (χ4v) is 1.77. The van der Waals surface area contributed by atoms with Crippen LogP contribution in [0.5, 0.6) is 5.75 Å². The molecule has 0 atom stereocenters. The Bertz CT molecular complexity index is 409. The Morgan fingerprint density at radius 1 is 1.53 bits per heavy atom. The highest BCUT2D eigenvalue weighted by Gasteiger charge is 2.39. The van der Waals surface area contributed by atoms with Gasteiger partial charge in [-0.05, 0) is 18.2 Å². The van der Waals surface area contributed by atoms with Gasteiger partial charge in [-0.2, -0.15) is 0 Å². The topological polar surface area (TPSA) is 55.8 Å². The number of rotatable bonds is 5. The summed E-state index contributed by atoms with van der Waals surface area (Å²) in [5.74, 6) is 0.476. The van der Waals surface area contributed by atoms with Crippen LogP contribution in [0.15, 0.2) is 18.2 Å². The van der Waals surface area contributed by atoms with Gasteiger partial charge in [0.15, 0.2) is 6.29 Å². The van der Waals surface area contributed by atoms with Gasteiger partial charge in [-0.25, -0.2) is 0 Å². The van der Waals surface area contributed by atoms with Crippen molar-refractivity contribution in [3.05, 3.63) is 28.8 Å². The zero-order valence-corrected chi connectivity index (χ0v) is 9.94. The van der Waals surface area contributed by atoms with Gasteiger partial charge in [-0.15, -0.1) is 0 Å². The van der Waals surface area contributed by atoms with Crippen LogP contribution in [0.2, 0.25) is 5.02 Å². The van der Waals surface area contributed by atoms with E-state index < -0.39 is 0 Å². The lowest BCUT2D eigenvalue weighted by Gasteiger charge is -2.39. The van der Waals surface area contributed by atoms with E-state index in [0.29, 0.717) is 42.4 Å². The van der Waals surface area contributed by atoms with Crippen LogP contribution in [-0.2, 0) is 4.74 Å². The Morgan fingerprint density at radius 2 is 2.29 bits per heavy atom. The first-order chi connectivity index (χ1) is 8.19. The average Bonchev–Trinajstić information content (AvgIpc) is 2.29. The molecule has 2 rings (SSSR count). The summed E-state index contributed by atoms with van der Waals surface area (Å²) in [6.07, 6.45) is 0.699. The molecule has 1 aromatic carbocycles. The van der Waals surface area contributed by atoms with Crippen molar-refractivity contribution in [1.82, 2.24) is 0 Å². The number of aliphatic hydroxyl groups is 1. The fourth-order valence-electron chi connectivity index (χ4n) is 1.58. The van der Waals surface area contributed by atoms with Crippen LogP contribution in [0.4, 0.5) is 0 Å². The molecule has 1 saturated heterocycles. The van der Waals surface area contributed by atoms with Gasteiger partial charge in [-0.1, -0.05) is 11.6 Å². The Kier molecular flexibility index (Phi) is 3.66. The molecule has 1 aliphatic heterocycles. The second-order valence-corrected chi connectivity index (χ2v) is 4.68. The number of ether oxygens (including phenoxy) is 2. The normalized spacial score (nSPS) is 17.3. The van der Waals surface area contributed by atoms with Gasteiger partial charge in [0.1, 0.15) is 12.4 Å². The van der Waals surface area contributed by atoms with E-state index in [2.05, 4.69) is 0 Å². The standard InChI is InChI=1S/C12H13ClO4/c13-10-1-2-11(9(3-10)4-14)17-8-12(5-15)6-16-7-12/h1-4,15H,5-8H2. The summed E-state index contributed by atoms with van der Waals surface area (Å²) in [6, 6.07) is 4.86. The van der Waals surface area contributed by atoms with Crippen LogP contribution >= 0.6 is 11.6 Å². The zero-order valence-electron chi connectivity index (χ0n) is 9.19. The molecule has 0 saturated carbocycles. The monoisotopic (exact) mass is 256 g/mol. The summed E-state index contributed by atoms with van der Waals surface area (Å²) in [4.78, 5) is 10.8. The van der Waals surface area contributed by atoms with Crippen molar-refractivity contribution in [2.45, 2.75) is 0 Å². The number of hydrogen-bond donors (Lipinski definition) is 1. The third-order valence-corrected chi connectivity index (χ3v) is 3.02. The molecular weight excluding hydrogens is 244 g/mol. The second-order valence-electron chi connectivity index (χ2n) is 4.24. The molecule has 0 aromatic heterocycles. The lowest BCUT2D eigenvalue weighted by atomic mass is 9.88. The molecular formula is C12H13ClO4. The van der Waals surface area contributed by atoms with E-state index in [4.69, 9.17) is 21.1 Å². The molecule has 0 radical (unpaired) electrons. The molecule has 1 N–H and O–H groups in total. The molecule has 5 heteroatoms. The van der Waals surface area contributed by atoms with Gasteiger partial charge in [0, 0.05) is 5.02 Å². The van der Waals surface area contributed by atoms with Crippen LogP contribution in [-0.4, -0.2) is 37.8 Å². The predicted molar refractivity (Wildman–Crippen MR) is 62.7 cm³/mol. The van der Waals surface area contributed by atoms with Crippen molar-refractivity contribution >= 4 is 17.9 Å². The Balaban J connectivity index is 2.05. The largest absolute Gasteiger partial charge is 0.492 e. The van der Waals surface area contributed by atoms with Gasteiger partial charge < -0.3 is 14.6 Å². The van der Waals surface area contributed by atoms with E-state index in [-0.39, 0.29) is 12.0 Å². The quantitative estimate of drug-likeness (QED) is 0.812. The van der Waals surface area contributed by atoms with Crippen LogP contribution < -0.4 is 4.74 Å². The van der Waals surface area contributed by atoms with E-state index in [0.717, 1.165) is 0 Å². The summed E-state index contributed by atoms with van der Waals surface area (Å²) in [6.45, 7) is 1.30. The van der Waals surface area contributed by atoms with E-state index in [1.807, 2.05) is 0 Å². The Labute approximate surface area is 104 Å². The Morgan fingerprint density at radius 3 is 2.82 bits per heavy atom. The molecule has 0 amide bonds. The highest BCUT2D eigenvalue weighted by atomic mass is 35.5. The smallest absolute Gasteiger partial charge is 0.153 e. The third-order valence-electron chi connectivity index (χ3n) is 2.78. The summed E-state index contributed by atoms with van der Waals surface area (Å²) >= 11 is 5.78. The molecule has 92 valence electrons. The number of aldehydes is 1. The number of halogens is 1. The van der Waals surface area contributed by atoms with Gasteiger partial charge >= 0.3 is 0 Å². The third kappa shape index (κ3) is 2.60. The fraction of sp³-hybridized carbons (Fsp3) is 0.417. The second kappa shape index (κ2) is 5.04. The van der Waals surface area contributed by atoms with Gasteiger partial charge in [-0.3, -0.25) is 4.79 Å². The highest BCUT2D eigenvalue weighted by Crippen LogP contribution is 2.29. The zero-order chi connectivity index (χ0) is 12.3. The number of carbonyl (C=O) groups excluding carboxylic acids is 1.